The molecule has 1 fully saturated rings. The van der Waals surface area contributed by atoms with Crippen molar-refractivity contribution in [2.75, 3.05) is 5.32 Å². The highest BCUT2D eigenvalue weighted by molar-refractivity contribution is 6.30. The molecular formula is C23H23ClN2O. The van der Waals surface area contributed by atoms with Gasteiger partial charge in [-0.05, 0) is 78.8 Å². The number of pyridine rings is 1. The fraction of sp³-hybridized carbons (Fsp3) is 0.304. The maximum absolute atomic E-state index is 12.3. The van der Waals surface area contributed by atoms with Gasteiger partial charge in [-0.25, -0.2) is 0 Å². The number of carbonyl (C=O) groups excluding carboxylic acids is 1. The van der Waals surface area contributed by atoms with Crippen molar-refractivity contribution < 1.29 is 4.79 Å². The van der Waals surface area contributed by atoms with Gasteiger partial charge in [0.05, 0.1) is 0 Å². The molecule has 0 unspecified atom stereocenters. The number of rotatable bonds is 4. The van der Waals surface area contributed by atoms with E-state index < -0.39 is 0 Å². The molecule has 0 bridgehead atoms. The van der Waals surface area contributed by atoms with Crippen LogP contribution < -0.4 is 5.32 Å². The summed E-state index contributed by atoms with van der Waals surface area (Å²) in [6, 6.07) is 15.9. The Morgan fingerprint density at radius 1 is 1.04 bits per heavy atom. The highest BCUT2D eigenvalue weighted by atomic mass is 35.5. The lowest BCUT2D eigenvalue weighted by atomic mass is 9.76. The van der Waals surface area contributed by atoms with E-state index in [4.69, 9.17) is 11.6 Å². The molecule has 0 saturated heterocycles. The molecule has 27 heavy (non-hydrogen) atoms. The monoisotopic (exact) mass is 378 g/mol. The number of benzene rings is 2. The summed E-state index contributed by atoms with van der Waals surface area (Å²) in [7, 11) is 0. The molecule has 1 amide bonds. The summed E-state index contributed by atoms with van der Waals surface area (Å²) in [6.45, 7) is 0. The lowest BCUT2D eigenvalue weighted by molar-refractivity contribution is -0.117. The van der Waals surface area contributed by atoms with Crippen molar-refractivity contribution in [3.63, 3.8) is 0 Å². The number of carbonyl (C=O) groups is 1. The van der Waals surface area contributed by atoms with Gasteiger partial charge in [0.2, 0.25) is 5.91 Å². The van der Waals surface area contributed by atoms with Crippen molar-refractivity contribution in [3.05, 3.63) is 71.5 Å². The Kier molecular flexibility index (Phi) is 5.40. The molecule has 0 spiro atoms. The van der Waals surface area contributed by atoms with E-state index in [1.54, 1.807) is 12.1 Å². The Balaban J connectivity index is 1.34. The lowest BCUT2D eigenvalue weighted by Gasteiger charge is -2.29. The molecule has 0 atom stereocenters. The van der Waals surface area contributed by atoms with E-state index in [1.807, 2.05) is 24.5 Å². The molecule has 4 heteroatoms. The predicted octanol–water partition coefficient (Wildman–Crippen LogP) is 6.19. The SMILES string of the molecule is O=C(CC1CCC(c2cccc3cnccc23)CC1)Nc1ccc(Cl)cc1. The van der Waals surface area contributed by atoms with Gasteiger partial charge in [0, 0.05) is 34.9 Å². The summed E-state index contributed by atoms with van der Waals surface area (Å²) in [6.07, 6.45) is 8.87. The second-order valence-electron chi connectivity index (χ2n) is 7.42. The van der Waals surface area contributed by atoms with Crippen LogP contribution in [0.4, 0.5) is 5.69 Å². The summed E-state index contributed by atoms with van der Waals surface area (Å²) in [5.41, 5.74) is 2.24. The summed E-state index contributed by atoms with van der Waals surface area (Å²) in [5.74, 6) is 1.13. The van der Waals surface area contributed by atoms with E-state index in [9.17, 15) is 4.79 Å². The first-order valence-electron chi connectivity index (χ1n) is 9.57. The van der Waals surface area contributed by atoms with Crippen LogP contribution in [0.5, 0.6) is 0 Å². The Labute approximate surface area is 164 Å². The van der Waals surface area contributed by atoms with E-state index >= 15 is 0 Å². The van der Waals surface area contributed by atoms with E-state index in [1.165, 1.54) is 16.3 Å². The van der Waals surface area contributed by atoms with Crippen LogP contribution in [-0.2, 0) is 4.79 Å². The van der Waals surface area contributed by atoms with Crippen LogP contribution in [0.1, 0.15) is 43.6 Å². The number of amides is 1. The number of hydrogen-bond donors (Lipinski definition) is 1. The molecule has 1 aromatic heterocycles. The number of anilines is 1. The van der Waals surface area contributed by atoms with Gasteiger partial charge < -0.3 is 5.32 Å². The van der Waals surface area contributed by atoms with Crippen molar-refractivity contribution in [2.45, 2.75) is 38.0 Å². The van der Waals surface area contributed by atoms with Gasteiger partial charge in [0.15, 0.2) is 0 Å². The molecular weight excluding hydrogens is 356 g/mol. The Hall–Kier alpha value is -2.39. The van der Waals surface area contributed by atoms with Crippen LogP contribution in [0.25, 0.3) is 10.8 Å². The third kappa shape index (κ3) is 4.30. The number of nitrogens with zero attached hydrogens (tertiary/aromatic N) is 1. The van der Waals surface area contributed by atoms with Crippen LogP contribution in [-0.4, -0.2) is 10.9 Å². The average molecular weight is 379 g/mol. The molecule has 2 aromatic carbocycles. The molecule has 1 heterocycles. The van der Waals surface area contributed by atoms with Crippen LogP contribution in [0.15, 0.2) is 60.9 Å². The van der Waals surface area contributed by atoms with E-state index in [2.05, 4.69) is 34.6 Å². The van der Waals surface area contributed by atoms with Crippen LogP contribution in [0, 0.1) is 5.92 Å². The molecule has 0 radical (unpaired) electrons. The quantitative estimate of drug-likeness (QED) is 0.588. The molecule has 1 saturated carbocycles. The van der Waals surface area contributed by atoms with E-state index in [-0.39, 0.29) is 5.91 Å². The Bertz CT molecular complexity index is 925. The van der Waals surface area contributed by atoms with Crippen LogP contribution >= 0.6 is 11.6 Å². The van der Waals surface area contributed by atoms with Gasteiger partial charge in [-0.3, -0.25) is 9.78 Å². The number of fused-ring (bicyclic) bond motifs is 1. The fourth-order valence-corrected chi connectivity index (χ4v) is 4.31. The molecule has 4 rings (SSSR count). The lowest BCUT2D eigenvalue weighted by Crippen LogP contribution is -2.20. The van der Waals surface area contributed by atoms with Gasteiger partial charge in [-0.2, -0.15) is 0 Å². The zero-order chi connectivity index (χ0) is 18.6. The van der Waals surface area contributed by atoms with Gasteiger partial charge >= 0.3 is 0 Å². The third-order valence-electron chi connectivity index (χ3n) is 5.60. The Morgan fingerprint density at radius 3 is 2.59 bits per heavy atom. The zero-order valence-electron chi connectivity index (χ0n) is 15.2. The minimum atomic E-state index is 0.0945. The molecule has 1 N–H and O–H groups in total. The van der Waals surface area contributed by atoms with Crippen molar-refractivity contribution in [3.8, 4) is 0 Å². The summed E-state index contributed by atoms with van der Waals surface area (Å²) in [4.78, 5) is 16.6. The third-order valence-corrected chi connectivity index (χ3v) is 5.86. The predicted molar refractivity (Wildman–Crippen MR) is 111 cm³/mol. The normalized spacial score (nSPS) is 19.7. The molecule has 3 aromatic rings. The first-order chi connectivity index (χ1) is 13.2. The molecule has 138 valence electrons. The van der Waals surface area contributed by atoms with Crippen molar-refractivity contribution >= 4 is 34.0 Å². The fourth-order valence-electron chi connectivity index (χ4n) is 4.19. The summed E-state index contributed by atoms with van der Waals surface area (Å²) < 4.78 is 0. The van der Waals surface area contributed by atoms with Crippen molar-refractivity contribution in [1.82, 2.24) is 4.98 Å². The number of halogens is 1. The minimum Gasteiger partial charge on any atom is -0.326 e. The molecule has 3 nitrogen and oxygen atoms in total. The maximum Gasteiger partial charge on any atom is 0.224 e. The molecule has 1 aliphatic rings. The van der Waals surface area contributed by atoms with Crippen LogP contribution in [0.2, 0.25) is 5.02 Å². The molecule has 0 aliphatic heterocycles. The van der Waals surface area contributed by atoms with Gasteiger partial charge in [0.1, 0.15) is 0 Å². The van der Waals surface area contributed by atoms with E-state index in [0.29, 0.717) is 23.3 Å². The summed E-state index contributed by atoms with van der Waals surface area (Å²) in [5, 5.41) is 6.18. The maximum atomic E-state index is 12.3. The molecule has 1 aliphatic carbocycles. The topological polar surface area (TPSA) is 42.0 Å². The van der Waals surface area contributed by atoms with Crippen LogP contribution in [0.3, 0.4) is 0 Å². The Morgan fingerprint density at radius 2 is 1.81 bits per heavy atom. The standard InChI is InChI=1S/C23H23ClN2O/c24-19-8-10-20(11-9-19)26-23(27)14-16-4-6-17(7-5-16)21-3-1-2-18-15-25-13-12-22(18)21/h1-3,8-13,15-17H,4-7,14H2,(H,26,27). The van der Waals surface area contributed by atoms with Gasteiger partial charge in [0.25, 0.3) is 0 Å². The minimum absolute atomic E-state index is 0.0945. The highest BCUT2D eigenvalue weighted by Gasteiger charge is 2.25. The largest absolute Gasteiger partial charge is 0.326 e. The first-order valence-corrected chi connectivity index (χ1v) is 9.95. The number of hydrogen-bond acceptors (Lipinski definition) is 2. The average Bonchev–Trinajstić information content (AvgIpc) is 2.70. The smallest absolute Gasteiger partial charge is 0.224 e. The number of aromatic nitrogens is 1. The second kappa shape index (κ2) is 8.10. The van der Waals surface area contributed by atoms with E-state index in [0.717, 1.165) is 31.4 Å². The van der Waals surface area contributed by atoms with Gasteiger partial charge in [-0.1, -0.05) is 29.8 Å². The number of nitrogens with one attached hydrogen (secondary N) is 1. The van der Waals surface area contributed by atoms with Crippen molar-refractivity contribution in [2.24, 2.45) is 5.92 Å². The highest BCUT2D eigenvalue weighted by Crippen LogP contribution is 2.39. The zero-order valence-corrected chi connectivity index (χ0v) is 16.0. The van der Waals surface area contributed by atoms with Crippen molar-refractivity contribution in [1.29, 1.82) is 0 Å². The first kappa shape index (κ1) is 18.0. The van der Waals surface area contributed by atoms with Gasteiger partial charge in [-0.15, -0.1) is 0 Å². The summed E-state index contributed by atoms with van der Waals surface area (Å²) >= 11 is 5.89. The second-order valence-corrected chi connectivity index (χ2v) is 7.86.